The van der Waals surface area contributed by atoms with Gasteiger partial charge in [-0.25, -0.2) is 4.98 Å². The van der Waals surface area contributed by atoms with Gasteiger partial charge in [0.25, 0.3) is 5.91 Å². The third-order valence-electron chi connectivity index (χ3n) is 8.77. The Morgan fingerprint density at radius 2 is 1.79 bits per heavy atom. The maximum absolute atomic E-state index is 13.2. The van der Waals surface area contributed by atoms with Gasteiger partial charge in [-0.15, -0.1) is 0 Å². The van der Waals surface area contributed by atoms with Gasteiger partial charge < -0.3 is 10.4 Å². The van der Waals surface area contributed by atoms with Gasteiger partial charge >= 0.3 is 6.18 Å². The number of aliphatic hydroxyl groups is 1. The number of halogens is 3. The lowest BCUT2D eigenvalue weighted by atomic mass is 9.89. The lowest BCUT2D eigenvalue weighted by Crippen LogP contribution is -2.39. The number of alkyl halides is 3. The molecule has 0 saturated carbocycles. The zero-order valence-corrected chi connectivity index (χ0v) is 26.0. The first-order valence-electron chi connectivity index (χ1n) is 15.5. The van der Waals surface area contributed by atoms with Gasteiger partial charge in [0.2, 0.25) is 11.8 Å². The van der Waals surface area contributed by atoms with Crippen LogP contribution in [0.25, 0.3) is 10.9 Å². The Labute approximate surface area is 269 Å². The molecule has 0 bridgehead atoms. The molecule has 6 rings (SSSR count). The Hall–Kier alpha value is -4.62. The van der Waals surface area contributed by atoms with E-state index in [2.05, 4.69) is 20.5 Å². The van der Waals surface area contributed by atoms with Gasteiger partial charge in [0.15, 0.2) is 0 Å². The smallest absolute Gasteiger partial charge is 0.386 e. The average molecular weight is 649 g/mol. The van der Waals surface area contributed by atoms with Gasteiger partial charge in [0.1, 0.15) is 11.4 Å². The molecular formula is C34H35F3N6O4. The zero-order chi connectivity index (χ0) is 33.5. The molecule has 13 heteroatoms. The molecule has 2 aromatic carbocycles. The van der Waals surface area contributed by atoms with E-state index in [1.54, 1.807) is 26.0 Å². The van der Waals surface area contributed by atoms with E-state index >= 15 is 0 Å². The lowest BCUT2D eigenvalue weighted by molar-refractivity contribution is -0.141. The number of carbonyl (C=O) groups is 3. The highest BCUT2D eigenvalue weighted by molar-refractivity contribution is 6.04. The van der Waals surface area contributed by atoms with E-state index in [1.165, 1.54) is 6.07 Å². The van der Waals surface area contributed by atoms with E-state index in [-0.39, 0.29) is 29.5 Å². The molecule has 1 unspecified atom stereocenters. The second-order valence-electron chi connectivity index (χ2n) is 12.7. The number of benzene rings is 2. The van der Waals surface area contributed by atoms with Crippen molar-refractivity contribution < 1.29 is 32.7 Å². The van der Waals surface area contributed by atoms with Crippen molar-refractivity contribution in [1.29, 1.82) is 0 Å². The number of carbonyl (C=O) groups excluding carboxylic acids is 3. The first-order chi connectivity index (χ1) is 22.2. The van der Waals surface area contributed by atoms with E-state index in [9.17, 15) is 32.7 Å². The van der Waals surface area contributed by atoms with Crippen molar-refractivity contribution in [3.63, 3.8) is 0 Å². The fourth-order valence-corrected chi connectivity index (χ4v) is 6.31. The van der Waals surface area contributed by atoms with Crippen molar-refractivity contribution in [2.75, 3.05) is 18.4 Å². The van der Waals surface area contributed by atoms with Crippen LogP contribution in [-0.2, 0) is 27.9 Å². The van der Waals surface area contributed by atoms with E-state index in [0.29, 0.717) is 29.3 Å². The number of likely N-dealkylation sites (tertiary alicyclic amines) is 1. The minimum absolute atomic E-state index is 0.117. The van der Waals surface area contributed by atoms with Gasteiger partial charge in [-0.05, 0) is 68.5 Å². The first kappa shape index (κ1) is 32.3. The van der Waals surface area contributed by atoms with Crippen molar-refractivity contribution in [3.05, 3.63) is 88.9 Å². The molecule has 2 saturated heterocycles. The molecule has 4 aromatic rings. The molecule has 2 aliphatic heterocycles. The predicted molar refractivity (Wildman–Crippen MR) is 167 cm³/mol. The summed E-state index contributed by atoms with van der Waals surface area (Å²) in [6.07, 6.45) is -0.292. The maximum Gasteiger partial charge on any atom is 0.433 e. The van der Waals surface area contributed by atoms with Crippen LogP contribution in [0, 0.1) is 0 Å². The predicted octanol–water partition coefficient (Wildman–Crippen LogP) is 5.29. The summed E-state index contributed by atoms with van der Waals surface area (Å²) in [5.41, 5.74) is 0.298. The Kier molecular flexibility index (Phi) is 8.62. The number of anilines is 1. The number of imide groups is 1. The minimum atomic E-state index is -4.69. The van der Waals surface area contributed by atoms with E-state index in [0.717, 1.165) is 55.7 Å². The normalized spacial score (nSPS) is 18.4. The largest absolute Gasteiger partial charge is 0.433 e. The van der Waals surface area contributed by atoms with Crippen LogP contribution in [0.1, 0.15) is 84.4 Å². The van der Waals surface area contributed by atoms with Gasteiger partial charge in [-0.2, -0.15) is 18.3 Å². The summed E-state index contributed by atoms with van der Waals surface area (Å²) in [5.74, 6) is -1.63. The van der Waals surface area contributed by atoms with Crippen molar-refractivity contribution in [2.45, 2.75) is 69.8 Å². The molecule has 2 aromatic heterocycles. The summed E-state index contributed by atoms with van der Waals surface area (Å²) in [6.45, 7) is 5.49. The Morgan fingerprint density at radius 3 is 2.49 bits per heavy atom. The Bertz CT molecular complexity index is 1840. The first-order valence-corrected chi connectivity index (χ1v) is 15.5. The maximum atomic E-state index is 13.2. The molecule has 4 heterocycles. The number of fused-ring (bicyclic) bond motifs is 1. The molecule has 10 nitrogen and oxygen atoms in total. The minimum Gasteiger partial charge on any atom is -0.386 e. The summed E-state index contributed by atoms with van der Waals surface area (Å²) in [4.78, 5) is 42.7. The molecule has 47 heavy (non-hydrogen) atoms. The number of nitrogens with one attached hydrogen (secondary N) is 2. The zero-order valence-electron chi connectivity index (χ0n) is 26.0. The van der Waals surface area contributed by atoms with Crippen LogP contribution in [0.15, 0.2) is 60.8 Å². The van der Waals surface area contributed by atoms with Gasteiger partial charge in [0.05, 0.1) is 23.1 Å². The molecule has 3 N–H and O–H groups in total. The summed E-state index contributed by atoms with van der Waals surface area (Å²) >= 11 is 0. The van der Waals surface area contributed by atoms with Gasteiger partial charge in [0, 0.05) is 48.9 Å². The number of rotatable bonds is 7. The number of piperidine rings is 2. The quantitative estimate of drug-likeness (QED) is 0.233. The standard InChI is InChI=1S/C34H35F3N6O4/c1-33(2,47)25-17-27-22(16-28(25)39-32(46)26-7-4-8-29(38-26)34(35,36)37)19-43(41-27)23-11-13-42(14-12-23)18-20-5-3-6-21(15-20)24-9-10-30(44)40-31(24)45/h3-8,15-17,19,23-24,47H,9-14,18H2,1-2H3,(H,39,46)(H,40,44,45). The van der Waals surface area contributed by atoms with Crippen LogP contribution in [-0.4, -0.2) is 55.6 Å². The van der Waals surface area contributed by atoms with Crippen LogP contribution < -0.4 is 10.6 Å². The molecule has 2 aliphatic rings. The number of nitrogens with zero attached hydrogens (tertiary/aromatic N) is 4. The lowest BCUT2D eigenvalue weighted by Gasteiger charge is -2.32. The highest BCUT2D eigenvalue weighted by Gasteiger charge is 2.33. The second-order valence-corrected chi connectivity index (χ2v) is 12.7. The van der Waals surface area contributed by atoms with Crippen molar-refractivity contribution in [3.8, 4) is 0 Å². The number of amides is 3. The Balaban J connectivity index is 1.15. The number of hydrogen-bond donors (Lipinski definition) is 3. The van der Waals surface area contributed by atoms with Crippen LogP contribution in [0.5, 0.6) is 0 Å². The van der Waals surface area contributed by atoms with Crippen LogP contribution in [0.4, 0.5) is 18.9 Å². The van der Waals surface area contributed by atoms with E-state index in [1.807, 2.05) is 35.1 Å². The molecule has 3 amide bonds. The van der Waals surface area contributed by atoms with Crippen LogP contribution >= 0.6 is 0 Å². The molecule has 0 spiro atoms. The summed E-state index contributed by atoms with van der Waals surface area (Å²) < 4.78 is 41.4. The fourth-order valence-electron chi connectivity index (χ4n) is 6.31. The molecule has 0 aliphatic carbocycles. The molecule has 2 fully saturated rings. The molecular weight excluding hydrogens is 613 g/mol. The highest BCUT2D eigenvalue weighted by Crippen LogP contribution is 2.34. The van der Waals surface area contributed by atoms with Crippen LogP contribution in [0.2, 0.25) is 0 Å². The van der Waals surface area contributed by atoms with Crippen LogP contribution in [0.3, 0.4) is 0 Å². The van der Waals surface area contributed by atoms with Gasteiger partial charge in [-0.1, -0.05) is 30.3 Å². The molecule has 246 valence electrons. The summed E-state index contributed by atoms with van der Waals surface area (Å²) in [5, 5.41) is 21.5. The van der Waals surface area contributed by atoms with Crippen molar-refractivity contribution >= 4 is 34.3 Å². The number of hydrogen-bond acceptors (Lipinski definition) is 7. The monoisotopic (exact) mass is 648 g/mol. The third kappa shape index (κ3) is 7.20. The van der Waals surface area contributed by atoms with Crippen molar-refractivity contribution in [1.82, 2.24) is 25.0 Å². The van der Waals surface area contributed by atoms with Crippen molar-refractivity contribution in [2.24, 2.45) is 0 Å². The Morgan fingerprint density at radius 1 is 1.04 bits per heavy atom. The SMILES string of the molecule is CC(C)(O)c1cc2nn(C3CCN(Cc4cccc(C5CCC(=O)NC5=O)c4)CC3)cc2cc1NC(=O)c1cccc(C(F)(F)F)n1. The molecule has 1 atom stereocenters. The summed E-state index contributed by atoms with van der Waals surface area (Å²) in [6, 6.07) is 14.6. The number of aromatic nitrogens is 3. The van der Waals surface area contributed by atoms with E-state index < -0.39 is 29.1 Å². The fraction of sp³-hybridized carbons (Fsp3) is 0.382. The third-order valence-corrected chi connectivity index (χ3v) is 8.77. The average Bonchev–Trinajstić information content (AvgIpc) is 3.43. The topological polar surface area (TPSA) is 129 Å². The second kappa shape index (κ2) is 12.5. The van der Waals surface area contributed by atoms with E-state index in [4.69, 9.17) is 5.10 Å². The van der Waals surface area contributed by atoms with Gasteiger partial charge in [-0.3, -0.25) is 29.3 Å². The number of pyridine rings is 1. The highest BCUT2D eigenvalue weighted by atomic mass is 19.4. The molecule has 0 radical (unpaired) electrons. The summed E-state index contributed by atoms with van der Waals surface area (Å²) in [7, 11) is 0.